The van der Waals surface area contributed by atoms with Gasteiger partial charge in [0.15, 0.2) is 0 Å². The van der Waals surface area contributed by atoms with Gasteiger partial charge in [-0.05, 0) is 0 Å². The first kappa shape index (κ1) is 12.6. The molecule has 0 aromatic heterocycles. The van der Waals surface area contributed by atoms with Crippen LogP contribution in [-0.2, 0) is 0 Å². The maximum atomic E-state index is 9.69. The minimum absolute atomic E-state index is 0.379. The number of halogens is 1. The molecule has 0 saturated heterocycles. The van der Waals surface area contributed by atoms with E-state index in [1.165, 1.54) is 0 Å². The van der Waals surface area contributed by atoms with Gasteiger partial charge in [0.05, 0.1) is 0 Å². The van der Waals surface area contributed by atoms with Gasteiger partial charge in [0.2, 0.25) is 0 Å². The Kier molecular flexibility index (Phi) is 5.01. The molecule has 0 aliphatic rings. The second-order valence-corrected chi connectivity index (χ2v) is 9.20. The molecule has 0 amide bonds. The molecular formula is C8H20ClO2P. The van der Waals surface area contributed by atoms with Crippen LogP contribution in [0.1, 0.15) is 39.5 Å². The summed E-state index contributed by atoms with van der Waals surface area (Å²) in [5.74, 6) is 0. The van der Waals surface area contributed by atoms with E-state index in [0.717, 1.165) is 25.7 Å². The standard InChI is InChI=1S/C8H20ClO2P/c1-3-5-7-12(9,10,11)8-6-4-2/h10-11H,3-8H2,1-2H3. The maximum absolute atomic E-state index is 9.69. The Morgan fingerprint density at radius 2 is 1.33 bits per heavy atom. The Labute approximate surface area is 79.8 Å². The molecule has 0 spiro atoms. The van der Waals surface area contributed by atoms with Crippen molar-refractivity contribution >= 4 is 17.7 Å². The molecule has 0 rings (SSSR count). The zero-order chi connectivity index (χ0) is 9.69. The van der Waals surface area contributed by atoms with Crippen LogP contribution < -0.4 is 0 Å². The van der Waals surface area contributed by atoms with Crippen LogP contribution in [-0.4, -0.2) is 22.1 Å². The zero-order valence-corrected chi connectivity index (χ0v) is 9.61. The Morgan fingerprint density at radius 3 is 1.58 bits per heavy atom. The molecule has 0 fully saturated rings. The van der Waals surface area contributed by atoms with E-state index < -0.39 is 6.41 Å². The van der Waals surface area contributed by atoms with Crippen LogP contribution in [0.25, 0.3) is 0 Å². The Morgan fingerprint density at radius 1 is 1.00 bits per heavy atom. The molecule has 0 aliphatic heterocycles. The van der Waals surface area contributed by atoms with E-state index in [-0.39, 0.29) is 0 Å². The van der Waals surface area contributed by atoms with Crippen molar-refractivity contribution in [3.05, 3.63) is 0 Å². The molecule has 0 unspecified atom stereocenters. The molecule has 0 bridgehead atoms. The van der Waals surface area contributed by atoms with Crippen molar-refractivity contribution in [1.82, 2.24) is 0 Å². The van der Waals surface area contributed by atoms with E-state index in [4.69, 9.17) is 11.2 Å². The third-order valence-electron chi connectivity index (χ3n) is 1.91. The van der Waals surface area contributed by atoms with Gasteiger partial charge in [-0.3, -0.25) is 0 Å². The third kappa shape index (κ3) is 6.19. The van der Waals surface area contributed by atoms with Crippen LogP contribution in [0.3, 0.4) is 0 Å². The van der Waals surface area contributed by atoms with Gasteiger partial charge in [0.25, 0.3) is 0 Å². The Bertz CT molecular complexity index is 119. The molecule has 0 aliphatic carbocycles. The fourth-order valence-corrected chi connectivity index (χ4v) is 3.88. The molecule has 0 saturated carbocycles. The average Bonchev–Trinajstić information content (AvgIpc) is 1.97. The van der Waals surface area contributed by atoms with Crippen molar-refractivity contribution in [3.8, 4) is 0 Å². The summed E-state index contributed by atoms with van der Waals surface area (Å²) >= 11 is 5.79. The number of rotatable bonds is 6. The summed E-state index contributed by atoms with van der Waals surface area (Å²) in [6, 6.07) is 0. The third-order valence-corrected chi connectivity index (χ3v) is 5.33. The van der Waals surface area contributed by atoms with Crippen molar-refractivity contribution in [2.75, 3.05) is 12.3 Å². The van der Waals surface area contributed by atoms with E-state index in [9.17, 15) is 9.79 Å². The molecule has 12 heavy (non-hydrogen) atoms. The van der Waals surface area contributed by atoms with Crippen LogP contribution in [0.2, 0.25) is 0 Å². The van der Waals surface area contributed by atoms with Crippen LogP contribution in [0.5, 0.6) is 0 Å². The topological polar surface area (TPSA) is 40.5 Å². The van der Waals surface area contributed by atoms with Crippen molar-refractivity contribution in [2.24, 2.45) is 0 Å². The van der Waals surface area contributed by atoms with Crippen LogP contribution >= 0.6 is 17.7 Å². The van der Waals surface area contributed by atoms with Gasteiger partial charge in [0.1, 0.15) is 0 Å². The minimum atomic E-state index is -3.73. The van der Waals surface area contributed by atoms with Gasteiger partial charge >= 0.3 is 79.3 Å². The van der Waals surface area contributed by atoms with Gasteiger partial charge in [-0.2, -0.15) is 0 Å². The number of unbranched alkanes of at least 4 members (excludes halogenated alkanes) is 2. The summed E-state index contributed by atoms with van der Waals surface area (Å²) in [5, 5.41) is 0. The summed E-state index contributed by atoms with van der Waals surface area (Å²) in [6.07, 6.45) is 0.544. The molecule has 0 radical (unpaired) electrons. The van der Waals surface area contributed by atoms with Crippen molar-refractivity contribution in [3.63, 3.8) is 0 Å². The Balaban J connectivity index is 3.90. The molecule has 76 valence electrons. The van der Waals surface area contributed by atoms with Gasteiger partial charge in [-0.1, -0.05) is 0 Å². The predicted molar refractivity (Wildman–Crippen MR) is 56.8 cm³/mol. The monoisotopic (exact) mass is 214 g/mol. The normalized spacial score (nSPS) is 15.6. The van der Waals surface area contributed by atoms with E-state index in [0.29, 0.717) is 12.3 Å². The average molecular weight is 215 g/mol. The van der Waals surface area contributed by atoms with Crippen molar-refractivity contribution in [1.29, 1.82) is 0 Å². The molecular weight excluding hydrogens is 195 g/mol. The quantitative estimate of drug-likeness (QED) is 0.667. The van der Waals surface area contributed by atoms with Gasteiger partial charge in [-0.15, -0.1) is 0 Å². The Hall–Kier alpha value is 0.640. The molecule has 0 heterocycles. The molecule has 0 aromatic carbocycles. The molecule has 0 atom stereocenters. The SMILES string of the molecule is CCCCP(O)(O)(Cl)CCCC. The summed E-state index contributed by atoms with van der Waals surface area (Å²) in [5.41, 5.74) is 0. The molecule has 2 nitrogen and oxygen atoms in total. The van der Waals surface area contributed by atoms with Crippen LogP contribution in [0.15, 0.2) is 0 Å². The summed E-state index contributed by atoms with van der Waals surface area (Å²) < 4.78 is 0. The van der Waals surface area contributed by atoms with E-state index in [1.54, 1.807) is 0 Å². The number of hydrogen-bond donors (Lipinski definition) is 2. The number of hydrogen-bond acceptors (Lipinski definition) is 2. The van der Waals surface area contributed by atoms with Crippen LogP contribution in [0.4, 0.5) is 0 Å². The summed E-state index contributed by atoms with van der Waals surface area (Å²) in [6.45, 7) is 4.03. The first-order valence-electron chi connectivity index (χ1n) is 4.62. The van der Waals surface area contributed by atoms with Crippen molar-refractivity contribution in [2.45, 2.75) is 39.5 Å². The second-order valence-electron chi connectivity index (χ2n) is 3.42. The summed E-state index contributed by atoms with van der Waals surface area (Å²) in [7, 11) is 0. The fourth-order valence-electron chi connectivity index (χ4n) is 1.05. The van der Waals surface area contributed by atoms with Crippen molar-refractivity contribution < 1.29 is 9.79 Å². The first-order chi connectivity index (χ1) is 5.39. The second kappa shape index (κ2) is 4.76. The van der Waals surface area contributed by atoms with Gasteiger partial charge in [-0.25, -0.2) is 0 Å². The van der Waals surface area contributed by atoms with E-state index in [1.807, 2.05) is 13.8 Å². The molecule has 4 heteroatoms. The molecule has 2 N–H and O–H groups in total. The van der Waals surface area contributed by atoms with E-state index >= 15 is 0 Å². The first-order valence-corrected chi connectivity index (χ1v) is 8.03. The molecule has 0 aromatic rings. The van der Waals surface area contributed by atoms with Crippen LogP contribution in [0, 0.1) is 0 Å². The summed E-state index contributed by atoms with van der Waals surface area (Å²) in [4.78, 5) is 19.4. The van der Waals surface area contributed by atoms with E-state index in [2.05, 4.69) is 0 Å². The van der Waals surface area contributed by atoms with Gasteiger partial charge in [0, 0.05) is 0 Å². The van der Waals surface area contributed by atoms with Gasteiger partial charge < -0.3 is 0 Å². The fraction of sp³-hybridized carbons (Fsp3) is 1.00. The predicted octanol–water partition coefficient (Wildman–Crippen LogP) is 3.11. The zero-order valence-electron chi connectivity index (χ0n) is 7.96.